The zero-order valence-electron chi connectivity index (χ0n) is 12.0. The predicted octanol–water partition coefficient (Wildman–Crippen LogP) is 4.02. The lowest BCUT2D eigenvalue weighted by Gasteiger charge is -2.10. The van der Waals surface area contributed by atoms with Crippen molar-refractivity contribution in [3.63, 3.8) is 0 Å². The third kappa shape index (κ3) is 4.54. The highest BCUT2D eigenvalue weighted by Gasteiger charge is 2.01. The van der Waals surface area contributed by atoms with E-state index in [4.69, 9.17) is 4.99 Å². The average Bonchev–Trinajstić information content (AvgIpc) is 2.52. The molecule has 2 aromatic carbocycles. The lowest BCUT2D eigenvalue weighted by molar-refractivity contribution is 0.752. The molecule has 2 rings (SSSR count). The molecule has 0 unspecified atom stereocenters. The molecule has 2 aromatic rings. The molecule has 0 radical (unpaired) electrons. The molecule has 0 aliphatic rings. The van der Waals surface area contributed by atoms with Crippen molar-refractivity contribution in [1.29, 1.82) is 0 Å². The zero-order valence-corrected chi connectivity index (χ0v) is 12.0. The Morgan fingerprint density at radius 2 is 1.60 bits per heavy atom. The van der Waals surface area contributed by atoms with Gasteiger partial charge in [-0.25, -0.2) is 0 Å². The summed E-state index contributed by atoms with van der Waals surface area (Å²) in [4.78, 5) is 4.74. The van der Waals surface area contributed by atoms with Crippen molar-refractivity contribution in [2.24, 2.45) is 4.99 Å². The molecule has 0 fully saturated rings. The van der Waals surface area contributed by atoms with Crippen LogP contribution in [0.25, 0.3) is 0 Å². The molecule has 1 N–H and O–H groups in total. The van der Waals surface area contributed by atoms with Gasteiger partial charge in [-0.2, -0.15) is 0 Å². The largest absolute Gasteiger partial charge is 0.370 e. The molecular weight excluding hydrogens is 244 g/mol. The van der Waals surface area contributed by atoms with Crippen LogP contribution in [0.3, 0.4) is 0 Å². The fourth-order valence-electron chi connectivity index (χ4n) is 1.98. The molecule has 104 valence electrons. The van der Waals surface area contributed by atoms with Crippen LogP contribution in [0, 0.1) is 0 Å². The summed E-state index contributed by atoms with van der Waals surface area (Å²) in [7, 11) is 0. The van der Waals surface area contributed by atoms with E-state index in [-0.39, 0.29) is 0 Å². The number of nitrogens with one attached hydrogen (secondary N) is 1. The van der Waals surface area contributed by atoms with Crippen LogP contribution in [-0.4, -0.2) is 12.4 Å². The summed E-state index contributed by atoms with van der Waals surface area (Å²) in [5.41, 5.74) is 2.39. The van der Waals surface area contributed by atoms with Crippen LogP contribution in [0.2, 0.25) is 0 Å². The minimum absolute atomic E-state index is 0.712. The summed E-state index contributed by atoms with van der Waals surface area (Å²) in [5.74, 6) is 0.989. The van der Waals surface area contributed by atoms with Gasteiger partial charge in [-0.3, -0.25) is 4.99 Å². The molecule has 0 saturated carbocycles. The first-order chi connectivity index (χ1) is 9.90. The maximum absolute atomic E-state index is 4.74. The first-order valence-corrected chi connectivity index (χ1v) is 7.28. The van der Waals surface area contributed by atoms with E-state index in [0.717, 1.165) is 24.4 Å². The second-order valence-electron chi connectivity index (χ2n) is 4.80. The molecule has 0 heterocycles. The molecule has 0 aliphatic heterocycles. The van der Waals surface area contributed by atoms with E-state index in [1.807, 2.05) is 12.1 Å². The van der Waals surface area contributed by atoms with Crippen LogP contribution < -0.4 is 5.32 Å². The summed E-state index contributed by atoms with van der Waals surface area (Å²) < 4.78 is 0. The lowest BCUT2D eigenvalue weighted by atomic mass is 10.2. The van der Waals surface area contributed by atoms with E-state index in [9.17, 15) is 0 Å². The van der Waals surface area contributed by atoms with Gasteiger partial charge in [0.2, 0.25) is 0 Å². The molecule has 0 bridgehead atoms. The number of hydrogen-bond acceptors (Lipinski definition) is 1. The van der Waals surface area contributed by atoms with Crippen LogP contribution in [0.4, 0.5) is 0 Å². The van der Waals surface area contributed by atoms with E-state index in [1.54, 1.807) is 0 Å². The van der Waals surface area contributed by atoms with E-state index in [1.165, 1.54) is 12.0 Å². The number of unbranched alkanes of at least 4 members (excludes halogenated alkanes) is 1. The minimum atomic E-state index is 0.712. The van der Waals surface area contributed by atoms with Gasteiger partial charge in [-0.15, -0.1) is 0 Å². The molecule has 20 heavy (non-hydrogen) atoms. The first kappa shape index (κ1) is 14.3. The highest BCUT2D eigenvalue weighted by Crippen LogP contribution is 2.04. The molecule has 0 spiro atoms. The van der Waals surface area contributed by atoms with Gasteiger partial charge in [0.1, 0.15) is 5.84 Å². The summed E-state index contributed by atoms with van der Waals surface area (Å²) in [6.45, 7) is 3.88. The Balaban J connectivity index is 2.09. The minimum Gasteiger partial charge on any atom is -0.370 e. The van der Waals surface area contributed by atoms with Crippen LogP contribution >= 0.6 is 0 Å². The number of amidine groups is 1. The maximum atomic E-state index is 4.74. The van der Waals surface area contributed by atoms with E-state index in [2.05, 4.69) is 60.8 Å². The Morgan fingerprint density at radius 3 is 2.25 bits per heavy atom. The fourth-order valence-corrected chi connectivity index (χ4v) is 1.98. The summed E-state index contributed by atoms with van der Waals surface area (Å²) in [5, 5.41) is 3.46. The van der Waals surface area contributed by atoms with Gasteiger partial charge in [-0.05, 0) is 12.0 Å². The second-order valence-corrected chi connectivity index (χ2v) is 4.80. The van der Waals surface area contributed by atoms with Crippen LogP contribution in [0.15, 0.2) is 65.7 Å². The van der Waals surface area contributed by atoms with E-state index < -0.39 is 0 Å². The van der Waals surface area contributed by atoms with Crippen LogP contribution in [-0.2, 0) is 6.54 Å². The van der Waals surface area contributed by atoms with Crippen molar-refractivity contribution in [2.45, 2.75) is 26.3 Å². The molecule has 0 atom stereocenters. The maximum Gasteiger partial charge on any atom is 0.128 e. The van der Waals surface area contributed by atoms with Gasteiger partial charge >= 0.3 is 0 Å². The summed E-state index contributed by atoms with van der Waals surface area (Å²) >= 11 is 0. The molecule has 0 amide bonds. The Morgan fingerprint density at radius 1 is 0.950 bits per heavy atom. The quantitative estimate of drug-likeness (QED) is 0.476. The topological polar surface area (TPSA) is 24.4 Å². The molecule has 2 nitrogen and oxygen atoms in total. The van der Waals surface area contributed by atoms with Gasteiger partial charge < -0.3 is 5.32 Å². The Bertz CT molecular complexity index is 518. The highest BCUT2D eigenvalue weighted by atomic mass is 15.0. The van der Waals surface area contributed by atoms with Crippen molar-refractivity contribution in [3.8, 4) is 0 Å². The van der Waals surface area contributed by atoms with Crippen LogP contribution in [0.1, 0.15) is 30.9 Å². The average molecular weight is 266 g/mol. The van der Waals surface area contributed by atoms with Crippen molar-refractivity contribution in [2.75, 3.05) is 6.54 Å². The summed E-state index contributed by atoms with van der Waals surface area (Å²) in [6, 6.07) is 20.7. The molecule has 0 aromatic heterocycles. The van der Waals surface area contributed by atoms with Gasteiger partial charge in [-0.1, -0.05) is 74.0 Å². The molecular formula is C18H22N2. The van der Waals surface area contributed by atoms with E-state index in [0.29, 0.717) is 6.54 Å². The lowest BCUT2D eigenvalue weighted by Crippen LogP contribution is -2.25. The number of aliphatic imine (C=N–C) groups is 1. The van der Waals surface area contributed by atoms with Gasteiger partial charge in [0, 0.05) is 12.1 Å². The number of hydrogen-bond donors (Lipinski definition) is 1. The predicted molar refractivity (Wildman–Crippen MR) is 86.0 cm³/mol. The van der Waals surface area contributed by atoms with Crippen molar-refractivity contribution < 1.29 is 0 Å². The fraction of sp³-hybridized carbons (Fsp3) is 0.278. The van der Waals surface area contributed by atoms with Gasteiger partial charge in [0.15, 0.2) is 0 Å². The van der Waals surface area contributed by atoms with E-state index >= 15 is 0 Å². The third-order valence-corrected chi connectivity index (χ3v) is 3.13. The zero-order chi connectivity index (χ0) is 14.0. The standard InChI is InChI=1S/C18H22N2/c1-2-3-14-19-18(17-12-8-5-9-13-17)20-15-16-10-6-4-7-11-16/h4-13H,2-3,14-15H2,1H3,(H,19,20). The summed E-state index contributed by atoms with van der Waals surface area (Å²) in [6.07, 6.45) is 2.35. The molecule has 2 heteroatoms. The molecule has 0 saturated heterocycles. The Kier molecular flexibility index (Phi) is 5.84. The van der Waals surface area contributed by atoms with Crippen molar-refractivity contribution in [1.82, 2.24) is 5.32 Å². The SMILES string of the molecule is CCCCNC(=NCc1ccccc1)c1ccccc1. The molecule has 0 aliphatic carbocycles. The number of nitrogens with zero attached hydrogens (tertiary/aromatic N) is 1. The van der Waals surface area contributed by atoms with Crippen molar-refractivity contribution in [3.05, 3.63) is 71.8 Å². The van der Waals surface area contributed by atoms with Gasteiger partial charge in [0.05, 0.1) is 6.54 Å². The van der Waals surface area contributed by atoms with Crippen LogP contribution in [0.5, 0.6) is 0 Å². The number of benzene rings is 2. The highest BCUT2D eigenvalue weighted by molar-refractivity contribution is 5.98. The Hall–Kier alpha value is -2.09. The normalized spacial score (nSPS) is 11.3. The van der Waals surface area contributed by atoms with Gasteiger partial charge in [0.25, 0.3) is 0 Å². The van der Waals surface area contributed by atoms with Crippen molar-refractivity contribution >= 4 is 5.84 Å². The monoisotopic (exact) mass is 266 g/mol. The third-order valence-electron chi connectivity index (χ3n) is 3.13. The smallest absolute Gasteiger partial charge is 0.128 e. The second kappa shape index (κ2) is 8.16. The Labute approximate surface area is 121 Å². The number of rotatable bonds is 6. The first-order valence-electron chi connectivity index (χ1n) is 7.28.